The van der Waals surface area contributed by atoms with Crippen LogP contribution in [0.3, 0.4) is 0 Å². The Morgan fingerprint density at radius 3 is 2.04 bits per heavy atom. The van der Waals surface area contributed by atoms with Crippen LogP contribution in [0, 0.1) is 0 Å². The summed E-state index contributed by atoms with van der Waals surface area (Å²) in [6.45, 7) is -1.22. The van der Waals surface area contributed by atoms with Gasteiger partial charge in [-0.1, -0.05) is 12.1 Å². The molecule has 3 heterocycles. The summed E-state index contributed by atoms with van der Waals surface area (Å²) in [4.78, 5) is 36.2. The second kappa shape index (κ2) is 15.2. The van der Waals surface area contributed by atoms with Crippen LogP contribution < -0.4 is 9.47 Å². The quantitative estimate of drug-likeness (QED) is 0.116. The molecule has 5 rings (SSSR count). The molecular weight excluding hydrogens is 725 g/mol. The Morgan fingerprint density at radius 1 is 0.904 bits per heavy atom. The molecule has 0 bridgehead atoms. The van der Waals surface area contributed by atoms with Gasteiger partial charge in [0.25, 0.3) is 20.2 Å². The number of phenols is 2. The molecule has 0 amide bonds. The molecule has 19 heteroatoms. The number of methoxy groups -OCH3 is 2. The number of likely N-dealkylation sites (tertiary alicyclic amines) is 1. The topological polar surface area (TPSA) is 254 Å². The third-order valence-electron chi connectivity index (χ3n) is 8.56. The lowest BCUT2D eigenvalue weighted by molar-refractivity contribution is -0.138. The van der Waals surface area contributed by atoms with Crippen LogP contribution in [0.1, 0.15) is 40.5 Å². The number of aromatic nitrogens is 2. The van der Waals surface area contributed by atoms with Gasteiger partial charge in [0.1, 0.15) is 32.8 Å². The number of carboxylic acids is 1. The maximum Gasteiger partial charge on any atom is 0.317 e. The van der Waals surface area contributed by atoms with E-state index in [1.165, 1.54) is 49.7 Å². The van der Waals surface area contributed by atoms with Crippen LogP contribution in [-0.4, -0.2) is 113 Å². The minimum atomic E-state index is -5.00. The average Bonchev–Trinajstić information content (AvgIpc) is 3.42. The molecular formula is C33H34N4O13S2. The molecule has 1 saturated heterocycles. The van der Waals surface area contributed by atoms with Crippen molar-refractivity contribution >= 4 is 32.0 Å². The molecule has 2 aromatic heterocycles. The molecule has 2 aromatic carbocycles. The van der Waals surface area contributed by atoms with Crippen LogP contribution in [0.4, 0.5) is 0 Å². The molecule has 0 spiro atoms. The predicted molar refractivity (Wildman–Crippen MR) is 181 cm³/mol. The van der Waals surface area contributed by atoms with Crippen LogP contribution in [-0.2, 0) is 29.8 Å². The summed E-state index contributed by atoms with van der Waals surface area (Å²) in [5, 5.41) is 32.4. The number of benzene rings is 2. The van der Waals surface area contributed by atoms with Gasteiger partial charge in [0.15, 0.2) is 5.78 Å². The Morgan fingerprint density at radius 2 is 1.50 bits per heavy atom. The van der Waals surface area contributed by atoms with Gasteiger partial charge in [-0.15, -0.1) is 0 Å². The highest BCUT2D eigenvalue weighted by atomic mass is 32.2. The normalized spacial score (nSPS) is 17.3. The van der Waals surface area contributed by atoms with E-state index in [1.54, 1.807) is 35.2 Å². The third-order valence-corrected chi connectivity index (χ3v) is 10.3. The van der Waals surface area contributed by atoms with Crippen LogP contribution in [0.15, 0.2) is 82.8 Å². The summed E-state index contributed by atoms with van der Waals surface area (Å²) >= 11 is 0. The number of carboxylic acid groups (broad SMARTS) is 1. The number of hydrogen-bond donors (Lipinski definition) is 5. The molecule has 0 radical (unpaired) electrons. The van der Waals surface area contributed by atoms with Gasteiger partial charge in [0.2, 0.25) is 0 Å². The maximum atomic E-state index is 13.8. The lowest BCUT2D eigenvalue weighted by atomic mass is 9.88. The fraction of sp³-hybridized carbons (Fsp3) is 0.273. The molecule has 0 aliphatic carbocycles. The summed E-state index contributed by atoms with van der Waals surface area (Å²) in [7, 11) is -7.50. The average molecular weight is 759 g/mol. The van der Waals surface area contributed by atoms with Gasteiger partial charge >= 0.3 is 5.97 Å². The molecule has 17 nitrogen and oxygen atoms in total. The van der Waals surface area contributed by atoms with E-state index in [-0.39, 0.29) is 48.0 Å². The number of Topliss-reactive ketones (excluding diaryl/α,β-unsaturated/α-hetero) is 1. The first-order valence-electron chi connectivity index (χ1n) is 15.4. The Bertz CT molecular complexity index is 2190. The summed E-state index contributed by atoms with van der Waals surface area (Å²) in [6.07, 6.45) is 2.87. The first-order chi connectivity index (χ1) is 24.5. The van der Waals surface area contributed by atoms with Gasteiger partial charge in [-0.25, -0.2) is 0 Å². The first-order valence-corrected chi connectivity index (χ1v) is 18.2. The molecule has 1 fully saturated rings. The van der Waals surface area contributed by atoms with Gasteiger partial charge in [-0.2, -0.15) is 16.8 Å². The molecule has 52 heavy (non-hydrogen) atoms. The van der Waals surface area contributed by atoms with E-state index in [9.17, 15) is 50.8 Å². The van der Waals surface area contributed by atoms with E-state index in [0.29, 0.717) is 5.69 Å². The van der Waals surface area contributed by atoms with Crippen molar-refractivity contribution in [2.24, 2.45) is 0 Å². The number of ketones is 1. The highest BCUT2D eigenvalue weighted by Gasteiger charge is 2.45. The number of aliphatic carboxylic acids is 1. The molecule has 3 unspecified atom stereocenters. The fourth-order valence-corrected chi connectivity index (χ4v) is 7.60. The summed E-state index contributed by atoms with van der Waals surface area (Å²) < 4.78 is 79.1. The minimum Gasteiger partial charge on any atom is -0.506 e. The van der Waals surface area contributed by atoms with Crippen molar-refractivity contribution in [1.29, 1.82) is 0 Å². The zero-order valence-electron chi connectivity index (χ0n) is 27.6. The second-order valence-corrected chi connectivity index (χ2v) is 14.5. The van der Waals surface area contributed by atoms with E-state index in [1.807, 2.05) is 0 Å². The Labute approximate surface area is 298 Å². The number of aromatic hydroxyl groups is 2. The smallest absolute Gasteiger partial charge is 0.317 e. The second-order valence-electron chi connectivity index (χ2n) is 11.7. The van der Waals surface area contributed by atoms with Crippen LogP contribution >= 0.6 is 0 Å². The lowest BCUT2D eigenvalue weighted by Gasteiger charge is -2.34. The van der Waals surface area contributed by atoms with E-state index in [4.69, 9.17) is 9.47 Å². The number of phenolic OH excluding ortho intramolecular Hbond substituents is 2. The van der Waals surface area contributed by atoms with Gasteiger partial charge in [-0.05, 0) is 36.4 Å². The van der Waals surface area contributed by atoms with Crippen molar-refractivity contribution in [3.05, 3.63) is 95.6 Å². The molecule has 0 saturated carbocycles. The highest BCUT2D eigenvalue weighted by molar-refractivity contribution is 7.86. The minimum absolute atomic E-state index is 0.0698. The molecule has 1 aliphatic heterocycles. The van der Waals surface area contributed by atoms with Crippen LogP contribution in [0.2, 0.25) is 0 Å². The molecule has 5 N–H and O–H groups in total. The van der Waals surface area contributed by atoms with Crippen LogP contribution in [0.25, 0.3) is 0 Å². The van der Waals surface area contributed by atoms with Crippen LogP contribution in [0.5, 0.6) is 23.0 Å². The van der Waals surface area contributed by atoms with Crippen molar-refractivity contribution in [3.63, 3.8) is 0 Å². The predicted octanol–water partition coefficient (Wildman–Crippen LogP) is 2.28. The van der Waals surface area contributed by atoms with Crippen molar-refractivity contribution < 1.29 is 60.3 Å². The van der Waals surface area contributed by atoms with Crippen molar-refractivity contribution in [2.75, 3.05) is 40.4 Å². The first kappa shape index (κ1) is 38.1. The number of hydrogen-bond acceptors (Lipinski definition) is 14. The van der Waals surface area contributed by atoms with Crippen molar-refractivity contribution in [3.8, 4) is 23.0 Å². The Balaban J connectivity index is 1.62. The van der Waals surface area contributed by atoms with Crippen molar-refractivity contribution in [1.82, 2.24) is 19.8 Å². The number of carbonyl (C=O) groups is 2. The van der Waals surface area contributed by atoms with Gasteiger partial charge in [-0.3, -0.25) is 38.5 Å². The number of pyridine rings is 2. The zero-order chi connectivity index (χ0) is 38.0. The van der Waals surface area contributed by atoms with E-state index < -0.39 is 77.8 Å². The third kappa shape index (κ3) is 7.98. The molecule has 3 atom stereocenters. The lowest BCUT2D eigenvalue weighted by Crippen LogP contribution is -2.41. The maximum absolute atomic E-state index is 13.8. The molecule has 276 valence electrons. The van der Waals surface area contributed by atoms with Gasteiger partial charge in [0.05, 0.1) is 56.7 Å². The zero-order valence-corrected chi connectivity index (χ0v) is 29.2. The monoisotopic (exact) mass is 758 g/mol. The summed E-state index contributed by atoms with van der Waals surface area (Å²) in [6, 6.07) is 11.8. The highest BCUT2D eigenvalue weighted by Crippen LogP contribution is 2.47. The van der Waals surface area contributed by atoms with Gasteiger partial charge in [0, 0.05) is 48.7 Å². The van der Waals surface area contributed by atoms with E-state index in [2.05, 4.69) is 9.97 Å². The number of carbonyl (C=O) groups excluding carboxylic acids is 1. The largest absolute Gasteiger partial charge is 0.506 e. The van der Waals surface area contributed by atoms with E-state index in [0.717, 1.165) is 12.1 Å². The number of rotatable bonds is 14. The standard InChI is InChI=1S/C33H34N4O13S2/c1-49-19-13-21(32(41)26(15-19)51(43,44)45)29-25(38)17-36(31(29)24-8-4-6-10-35-24)11-12-37(18-28(39)40)30(23-7-3-5-9-34-23)22-14-20(50-2)16-27(33(22)42)52(46,47)48/h3-10,13-16,29-31,41-42H,11-12,17-18H2,1-2H3,(H,39,40)(H,43,44,45)(H,46,47,48). The van der Waals surface area contributed by atoms with Gasteiger partial charge < -0.3 is 24.8 Å². The summed E-state index contributed by atoms with van der Waals surface area (Å²) in [5.74, 6) is -4.93. The Kier molecular flexibility index (Phi) is 11.1. The van der Waals surface area contributed by atoms with Crippen molar-refractivity contribution in [2.45, 2.75) is 27.8 Å². The van der Waals surface area contributed by atoms with E-state index >= 15 is 0 Å². The SMILES string of the molecule is COc1cc(C2C(=O)CN(CCN(CC(=O)O)C(c3ccccn3)c3cc(OC)cc(S(=O)(=O)O)c3O)C2c2ccccn2)c(O)c(S(=O)(=O)O)c1. The fourth-order valence-electron chi connectivity index (χ4n) is 6.35. The number of ether oxygens (including phenoxy) is 2. The molecule has 4 aromatic rings. The Hall–Kier alpha value is -5.18. The number of nitrogens with zero attached hydrogens (tertiary/aromatic N) is 4. The summed E-state index contributed by atoms with van der Waals surface area (Å²) in [5.41, 5.74) is 0.193. The molecule has 1 aliphatic rings.